The van der Waals surface area contributed by atoms with Gasteiger partial charge in [0.1, 0.15) is 0 Å². The Morgan fingerprint density at radius 2 is 2.00 bits per heavy atom. The predicted molar refractivity (Wildman–Crippen MR) is 73.7 cm³/mol. The molecule has 1 aromatic carbocycles. The smallest absolute Gasteiger partial charge is 0.340 e. The molecule has 0 saturated heterocycles. The number of benzene rings is 1. The van der Waals surface area contributed by atoms with Gasteiger partial charge in [0, 0.05) is 17.9 Å². The fraction of sp³-hybridized carbons (Fsp3) is 0.385. The molecule has 0 aromatic heterocycles. The number of carbonyl (C=O) groups is 2. The summed E-state index contributed by atoms with van der Waals surface area (Å²) in [7, 11) is 1.29. The average Bonchev–Trinajstić information content (AvgIpc) is 2.36. The molecule has 1 amide bonds. The Balaban J connectivity index is 2.86. The van der Waals surface area contributed by atoms with Crippen LogP contribution in [0.3, 0.4) is 0 Å². The molecule has 19 heavy (non-hydrogen) atoms. The molecule has 6 heteroatoms. The summed E-state index contributed by atoms with van der Waals surface area (Å²) < 4.78 is 4.63. The molecule has 0 atom stereocenters. The van der Waals surface area contributed by atoms with Gasteiger partial charge in [0.05, 0.1) is 18.1 Å². The van der Waals surface area contributed by atoms with E-state index in [4.69, 9.17) is 11.5 Å². The molecule has 1 rings (SSSR count). The molecular formula is C13H19N3O3. The third kappa shape index (κ3) is 3.61. The summed E-state index contributed by atoms with van der Waals surface area (Å²) in [6.45, 7) is 3.83. The van der Waals surface area contributed by atoms with Crippen molar-refractivity contribution in [2.45, 2.75) is 13.8 Å². The predicted octanol–water partition coefficient (Wildman–Crippen LogP) is 0.979. The molecule has 5 N–H and O–H groups in total. The van der Waals surface area contributed by atoms with Gasteiger partial charge in [-0.05, 0) is 32.0 Å². The minimum atomic E-state index is -0.688. The average molecular weight is 265 g/mol. The van der Waals surface area contributed by atoms with E-state index >= 15 is 0 Å². The van der Waals surface area contributed by atoms with E-state index in [1.54, 1.807) is 32.0 Å². The van der Waals surface area contributed by atoms with Crippen LogP contribution < -0.4 is 16.8 Å². The lowest BCUT2D eigenvalue weighted by Gasteiger charge is -2.21. The van der Waals surface area contributed by atoms with Crippen molar-refractivity contribution in [3.05, 3.63) is 23.8 Å². The van der Waals surface area contributed by atoms with Crippen LogP contribution >= 0.6 is 0 Å². The van der Waals surface area contributed by atoms with Crippen LogP contribution in [0.1, 0.15) is 24.2 Å². The van der Waals surface area contributed by atoms with E-state index in [0.29, 0.717) is 17.9 Å². The summed E-state index contributed by atoms with van der Waals surface area (Å²) in [6, 6.07) is 4.91. The molecule has 0 heterocycles. The third-order valence-electron chi connectivity index (χ3n) is 2.86. The van der Waals surface area contributed by atoms with Gasteiger partial charge in [-0.1, -0.05) is 0 Å². The molecular weight excluding hydrogens is 246 g/mol. The highest BCUT2D eigenvalue weighted by atomic mass is 16.5. The number of primary amides is 1. The molecule has 0 aliphatic heterocycles. The van der Waals surface area contributed by atoms with Crippen molar-refractivity contribution >= 4 is 23.3 Å². The molecule has 0 bridgehead atoms. The van der Waals surface area contributed by atoms with E-state index in [1.807, 2.05) is 0 Å². The first-order valence-corrected chi connectivity index (χ1v) is 5.79. The van der Waals surface area contributed by atoms with Gasteiger partial charge >= 0.3 is 5.97 Å². The second-order valence-corrected chi connectivity index (χ2v) is 4.90. The van der Waals surface area contributed by atoms with Gasteiger partial charge in [-0.2, -0.15) is 0 Å². The van der Waals surface area contributed by atoms with E-state index in [1.165, 1.54) is 7.11 Å². The fourth-order valence-corrected chi connectivity index (χ4v) is 1.36. The molecule has 0 unspecified atom stereocenters. The van der Waals surface area contributed by atoms with Gasteiger partial charge in [-0.3, -0.25) is 4.79 Å². The Labute approximate surface area is 112 Å². The fourth-order valence-electron chi connectivity index (χ4n) is 1.36. The van der Waals surface area contributed by atoms with Crippen LogP contribution in [0.5, 0.6) is 0 Å². The lowest BCUT2D eigenvalue weighted by molar-refractivity contribution is -0.125. The second-order valence-electron chi connectivity index (χ2n) is 4.90. The Bertz CT molecular complexity index is 498. The number of rotatable bonds is 5. The summed E-state index contributed by atoms with van der Waals surface area (Å²) in [4.78, 5) is 22.7. The summed E-state index contributed by atoms with van der Waals surface area (Å²) >= 11 is 0. The van der Waals surface area contributed by atoms with Crippen LogP contribution in [-0.4, -0.2) is 25.5 Å². The number of nitrogen functional groups attached to an aromatic ring is 1. The van der Waals surface area contributed by atoms with Crippen molar-refractivity contribution in [2.24, 2.45) is 11.1 Å². The Morgan fingerprint density at radius 3 is 2.53 bits per heavy atom. The monoisotopic (exact) mass is 265 g/mol. The summed E-state index contributed by atoms with van der Waals surface area (Å²) in [5.41, 5.74) is 11.6. The maximum absolute atomic E-state index is 11.5. The van der Waals surface area contributed by atoms with Crippen molar-refractivity contribution < 1.29 is 14.3 Å². The highest BCUT2D eigenvalue weighted by Crippen LogP contribution is 2.21. The largest absolute Gasteiger partial charge is 0.465 e. The van der Waals surface area contributed by atoms with Gasteiger partial charge in [0.2, 0.25) is 5.91 Å². The second kappa shape index (κ2) is 5.60. The first-order valence-electron chi connectivity index (χ1n) is 5.79. The van der Waals surface area contributed by atoms with Crippen molar-refractivity contribution in [1.29, 1.82) is 0 Å². The highest BCUT2D eigenvalue weighted by Gasteiger charge is 2.24. The Morgan fingerprint density at radius 1 is 1.37 bits per heavy atom. The van der Waals surface area contributed by atoms with Crippen LogP contribution in [-0.2, 0) is 9.53 Å². The molecule has 0 aliphatic carbocycles. The van der Waals surface area contributed by atoms with Gasteiger partial charge in [-0.15, -0.1) is 0 Å². The lowest BCUT2D eigenvalue weighted by atomic mass is 9.92. The number of amides is 1. The van der Waals surface area contributed by atoms with E-state index < -0.39 is 17.3 Å². The minimum absolute atomic E-state index is 0.282. The number of nitrogens with one attached hydrogen (secondary N) is 1. The summed E-state index contributed by atoms with van der Waals surface area (Å²) in [6.07, 6.45) is 0. The zero-order valence-electron chi connectivity index (χ0n) is 11.3. The topological polar surface area (TPSA) is 107 Å². The quantitative estimate of drug-likeness (QED) is 0.543. The van der Waals surface area contributed by atoms with E-state index in [-0.39, 0.29) is 5.56 Å². The van der Waals surface area contributed by atoms with Crippen LogP contribution in [0.2, 0.25) is 0 Å². The minimum Gasteiger partial charge on any atom is -0.465 e. The number of hydrogen-bond donors (Lipinski definition) is 3. The van der Waals surface area contributed by atoms with E-state index in [2.05, 4.69) is 10.1 Å². The van der Waals surface area contributed by atoms with Crippen LogP contribution in [0.15, 0.2) is 18.2 Å². The highest BCUT2D eigenvalue weighted by molar-refractivity contribution is 5.96. The van der Waals surface area contributed by atoms with Crippen LogP contribution in [0.25, 0.3) is 0 Å². The maximum Gasteiger partial charge on any atom is 0.340 e. The molecule has 0 aliphatic rings. The molecule has 6 nitrogen and oxygen atoms in total. The first kappa shape index (κ1) is 14.8. The number of esters is 1. The Kier molecular flexibility index (Phi) is 4.37. The van der Waals surface area contributed by atoms with Crippen molar-refractivity contribution in [2.75, 3.05) is 24.7 Å². The standard InChI is InChI=1S/C13H19N3O3/c1-13(2,12(15)18)7-16-8-4-5-10(14)9(6-8)11(17)19-3/h4-6,16H,7,14H2,1-3H3,(H2,15,18). The molecule has 0 spiro atoms. The molecule has 104 valence electrons. The molecule has 1 aromatic rings. The van der Waals surface area contributed by atoms with Gasteiger partial charge in [-0.25, -0.2) is 4.79 Å². The number of anilines is 2. The van der Waals surface area contributed by atoms with Gasteiger partial charge < -0.3 is 21.5 Å². The number of ether oxygens (including phenoxy) is 1. The van der Waals surface area contributed by atoms with Crippen molar-refractivity contribution in [1.82, 2.24) is 0 Å². The van der Waals surface area contributed by atoms with E-state index in [9.17, 15) is 9.59 Å². The lowest BCUT2D eigenvalue weighted by Crippen LogP contribution is -2.37. The number of methoxy groups -OCH3 is 1. The zero-order chi connectivity index (χ0) is 14.6. The first-order chi connectivity index (χ1) is 8.77. The maximum atomic E-state index is 11.5. The summed E-state index contributed by atoms with van der Waals surface area (Å²) in [5, 5.41) is 3.05. The molecule has 0 fully saturated rings. The van der Waals surface area contributed by atoms with Crippen LogP contribution in [0, 0.1) is 5.41 Å². The van der Waals surface area contributed by atoms with Gasteiger partial charge in [0.25, 0.3) is 0 Å². The molecule has 0 saturated carbocycles. The van der Waals surface area contributed by atoms with Crippen LogP contribution in [0.4, 0.5) is 11.4 Å². The van der Waals surface area contributed by atoms with Crippen molar-refractivity contribution in [3.8, 4) is 0 Å². The normalized spacial score (nSPS) is 10.9. The molecule has 0 radical (unpaired) electrons. The number of hydrogen-bond acceptors (Lipinski definition) is 5. The zero-order valence-corrected chi connectivity index (χ0v) is 11.3. The van der Waals surface area contributed by atoms with Crippen molar-refractivity contribution in [3.63, 3.8) is 0 Å². The van der Waals surface area contributed by atoms with Gasteiger partial charge in [0.15, 0.2) is 0 Å². The summed E-state index contributed by atoms with van der Waals surface area (Å²) in [5.74, 6) is -0.904. The third-order valence-corrected chi connectivity index (χ3v) is 2.86. The SMILES string of the molecule is COC(=O)c1cc(NCC(C)(C)C(N)=O)ccc1N. The number of nitrogens with two attached hydrogens (primary N) is 2. The van der Waals surface area contributed by atoms with E-state index in [0.717, 1.165) is 0 Å². The Hall–Kier alpha value is -2.24. The number of carbonyl (C=O) groups excluding carboxylic acids is 2.